The van der Waals surface area contributed by atoms with Gasteiger partial charge in [0.1, 0.15) is 5.82 Å². The third-order valence-corrected chi connectivity index (χ3v) is 3.28. The van der Waals surface area contributed by atoms with Gasteiger partial charge in [-0.25, -0.2) is 4.39 Å². The first-order valence-corrected chi connectivity index (χ1v) is 5.79. The maximum Gasteiger partial charge on any atom is 0.126 e. The molecule has 0 saturated carbocycles. The molecule has 0 radical (unpaired) electrons. The zero-order valence-corrected chi connectivity index (χ0v) is 9.58. The number of nitrogens with one attached hydrogen (secondary N) is 1. The van der Waals surface area contributed by atoms with Gasteiger partial charge >= 0.3 is 0 Å². The largest absolute Gasteiger partial charge is 0.381 e. The zero-order chi connectivity index (χ0) is 11.4. The molecule has 0 aliphatic carbocycles. The summed E-state index contributed by atoms with van der Waals surface area (Å²) in [6.07, 6.45) is 1.76. The Kier molecular flexibility index (Phi) is 3.91. The van der Waals surface area contributed by atoms with Crippen molar-refractivity contribution >= 4 is 0 Å². The average molecular weight is 223 g/mol. The minimum absolute atomic E-state index is 0.108. The number of rotatable bonds is 3. The fourth-order valence-electron chi connectivity index (χ4n) is 2.32. The summed E-state index contributed by atoms with van der Waals surface area (Å²) in [6.45, 7) is 1.53. The van der Waals surface area contributed by atoms with Crippen molar-refractivity contribution in [1.82, 2.24) is 5.32 Å². The minimum atomic E-state index is -0.108. The van der Waals surface area contributed by atoms with E-state index in [4.69, 9.17) is 4.74 Å². The van der Waals surface area contributed by atoms with Gasteiger partial charge < -0.3 is 10.1 Å². The van der Waals surface area contributed by atoms with Gasteiger partial charge in [-0.15, -0.1) is 0 Å². The highest BCUT2D eigenvalue weighted by Crippen LogP contribution is 2.20. The van der Waals surface area contributed by atoms with Crippen molar-refractivity contribution in [2.75, 3.05) is 20.3 Å². The van der Waals surface area contributed by atoms with Crippen LogP contribution in [-0.4, -0.2) is 26.3 Å². The summed E-state index contributed by atoms with van der Waals surface area (Å²) in [7, 11) is 1.96. The molecule has 2 rings (SSSR count). The van der Waals surface area contributed by atoms with Crippen LogP contribution in [0.4, 0.5) is 4.39 Å². The Morgan fingerprint density at radius 2 is 2.25 bits per heavy atom. The van der Waals surface area contributed by atoms with Gasteiger partial charge in [0.15, 0.2) is 0 Å². The van der Waals surface area contributed by atoms with E-state index in [9.17, 15) is 4.39 Å². The first kappa shape index (κ1) is 11.6. The zero-order valence-electron chi connectivity index (χ0n) is 9.58. The summed E-state index contributed by atoms with van der Waals surface area (Å²) in [5.41, 5.74) is 0.790. The standard InChI is InChI=1S/C13H18FNO/c1-15-13-6-7-16-9-11(13)8-10-4-2-3-5-12(10)14/h2-5,11,13,15H,6-9H2,1H3/t11-,13-/m0/s1. The Hall–Kier alpha value is -0.930. The SMILES string of the molecule is CN[C@H]1CCOC[C@@H]1Cc1ccccc1F. The molecule has 16 heavy (non-hydrogen) atoms. The molecule has 1 aliphatic heterocycles. The molecule has 2 atom stereocenters. The second-order valence-corrected chi connectivity index (χ2v) is 4.31. The molecule has 0 unspecified atom stereocenters. The molecular formula is C13H18FNO. The highest BCUT2D eigenvalue weighted by molar-refractivity contribution is 5.18. The molecule has 1 fully saturated rings. The van der Waals surface area contributed by atoms with E-state index in [2.05, 4.69) is 5.32 Å². The molecular weight excluding hydrogens is 205 g/mol. The van der Waals surface area contributed by atoms with Gasteiger partial charge in [-0.1, -0.05) is 18.2 Å². The molecule has 88 valence electrons. The van der Waals surface area contributed by atoms with Gasteiger partial charge in [0.2, 0.25) is 0 Å². The van der Waals surface area contributed by atoms with E-state index in [0.717, 1.165) is 31.6 Å². The Labute approximate surface area is 95.8 Å². The van der Waals surface area contributed by atoms with E-state index in [1.54, 1.807) is 6.07 Å². The molecule has 1 aromatic carbocycles. The van der Waals surface area contributed by atoms with Crippen LogP contribution in [0.5, 0.6) is 0 Å². The normalized spacial score (nSPS) is 25.6. The maximum absolute atomic E-state index is 13.5. The molecule has 1 aliphatic rings. The van der Waals surface area contributed by atoms with Crippen LogP contribution in [-0.2, 0) is 11.2 Å². The average Bonchev–Trinajstić information content (AvgIpc) is 2.33. The Morgan fingerprint density at radius 3 is 3.00 bits per heavy atom. The van der Waals surface area contributed by atoms with Crippen LogP contribution >= 0.6 is 0 Å². The molecule has 0 aromatic heterocycles. The van der Waals surface area contributed by atoms with Crippen LogP contribution in [0.15, 0.2) is 24.3 Å². The fourth-order valence-corrected chi connectivity index (χ4v) is 2.32. The molecule has 1 saturated heterocycles. The second-order valence-electron chi connectivity index (χ2n) is 4.31. The molecule has 1 heterocycles. The van der Waals surface area contributed by atoms with Crippen LogP contribution in [0, 0.1) is 11.7 Å². The number of hydrogen-bond acceptors (Lipinski definition) is 2. The van der Waals surface area contributed by atoms with Crippen LogP contribution in [0.25, 0.3) is 0 Å². The summed E-state index contributed by atoms with van der Waals surface area (Å²) >= 11 is 0. The molecule has 0 amide bonds. The van der Waals surface area contributed by atoms with Crippen LogP contribution in [0.3, 0.4) is 0 Å². The molecule has 0 bridgehead atoms. The van der Waals surface area contributed by atoms with Crippen molar-refractivity contribution in [2.24, 2.45) is 5.92 Å². The van der Waals surface area contributed by atoms with Crippen molar-refractivity contribution in [2.45, 2.75) is 18.9 Å². The van der Waals surface area contributed by atoms with Crippen LogP contribution < -0.4 is 5.32 Å². The lowest BCUT2D eigenvalue weighted by Crippen LogP contribution is -2.42. The number of hydrogen-bond donors (Lipinski definition) is 1. The van der Waals surface area contributed by atoms with E-state index >= 15 is 0 Å². The van der Waals surface area contributed by atoms with Gasteiger partial charge in [-0.2, -0.15) is 0 Å². The van der Waals surface area contributed by atoms with Crippen LogP contribution in [0.2, 0.25) is 0 Å². The van der Waals surface area contributed by atoms with Crippen molar-refractivity contribution in [3.05, 3.63) is 35.6 Å². The van der Waals surface area contributed by atoms with Crippen molar-refractivity contribution in [1.29, 1.82) is 0 Å². The first-order chi connectivity index (χ1) is 7.81. The van der Waals surface area contributed by atoms with E-state index in [-0.39, 0.29) is 5.82 Å². The number of halogens is 1. The van der Waals surface area contributed by atoms with Gasteiger partial charge in [0, 0.05) is 18.6 Å². The topological polar surface area (TPSA) is 21.3 Å². The van der Waals surface area contributed by atoms with E-state index in [0.29, 0.717) is 12.0 Å². The summed E-state index contributed by atoms with van der Waals surface area (Å²) < 4.78 is 19.0. The smallest absolute Gasteiger partial charge is 0.126 e. The van der Waals surface area contributed by atoms with Crippen molar-refractivity contribution in [3.8, 4) is 0 Å². The quantitative estimate of drug-likeness (QED) is 0.846. The third-order valence-electron chi connectivity index (χ3n) is 3.28. The summed E-state index contributed by atoms with van der Waals surface area (Å²) in [5, 5.41) is 3.29. The molecule has 1 aromatic rings. The van der Waals surface area contributed by atoms with Gasteiger partial charge in [0.05, 0.1) is 6.61 Å². The van der Waals surface area contributed by atoms with Crippen molar-refractivity contribution < 1.29 is 9.13 Å². The molecule has 3 heteroatoms. The molecule has 2 nitrogen and oxygen atoms in total. The van der Waals surface area contributed by atoms with Crippen LogP contribution in [0.1, 0.15) is 12.0 Å². The predicted octanol–water partition coefficient (Wildman–Crippen LogP) is 1.99. The summed E-state index contributed by atoms with van der Waals surface area (Å²) in [5.74, 6) is 0.263. The highest BCUT2D eigenvalue weighted by Gasteiger charge is 2.25. The second kappa shape index (κ2) is 5.41. The maximum atomic E-state index is 13.5. The highest BCUT2D eigenvalue weighted by atomic mass is 19.1. The van der Waals surface area contributed by atoms with E-state index in [1.807, 2.05) is 19.2 Å². The lowest BCUT2D eigenvalue weighted by molar-refractivity contribution is 0.0339. The number of ether oxygens (including phenoxy) is 1. The van der Waals surface area contributed by atoms with Crippen molar-refractivity contribution in [3.63, 3.8) is 0 Å². The lowest BCUT2D eigenvalue weighted by Gasteiger charge is -2.31. The number of benzene rings is 1. The van der Waals surface area contributed by atoms with Gasteiger partial charge in [-0.05, 0) is 31.5 Å². The Bertz CT molecular complexity index is 342. The van der Waals surface area contributed by atoms with Gasteiger partial charge in [-0.3, -0.25) is 0 Å². The monoisotopic (exact) mass is 223 g/mol. The van der Waals surface area contributed by atoms with Gasteiger partial charge in [0.25, 0.3) is 0 Å². The van der Waals surface area contributed by atoms with E-state index < -0.39 is 0 Å². The lowest BCUT2D eigenvalue weighted by atomic mass is 9.89. The fraction of sp³-hybridized carbons (Fsp3) is 0.538. The predicted molar refractivity (Wildman–Crippen MR) is 61.9 cm³/mol. The Morgan fingerprint density at radius 1 is 1.44 bits per heavy atom. The third kappa shape index (κ3) is 2.60. The summed E-state index contributed by atoms with van der Waals surface area (Å²) in [4.78, 5) is 0. The minimum Gasteiger partial charge on any atom is -0.381 e. The van der Waals surface area contributed by atoms with E-state index in [1.165, 1.54) is 6.07 Å². The summed E-state index contributed by atoms with van der Waals surface area (Å²) in [6, 6.07) is 7.43. The molecule has 1 N–H and O–H groups in total. The first-order valence-electron chi connectivity index (χ1n) is 5.79. The molecule has 0 spiro atoms. The Balaban J connectivity index is 2.05.